The van der Waals surface area contributed by atoms with Crippen LogP contribution in [0.5, 0.6) is 0 Å². The minimum atomic E-state index is -0.635. The van der Waals surface area contributed by atoms with E-state index in [1.807, 2.05) is 6.92 Å². The Morgan fingerprint density at radius 1 is 1.18 bits per heavy atom. The van der Waals surface area contributed by atoms with Crippen molar-refractivity contribution < 1.29 is 23.2 Å². The third-order valence-electron chi connectivity index (χ3n) is 5.58. The number of carbonyl (C=O) groups excluding carboxylic acids is 2. The molecule has 2 heterocycles. The molecule has 0 aliphatic heterocycles. The predicted molar refractivity (Wildman–Crippen MR) is 121 cm³/mol. The number of amides is 1. The number of hydrogen-bond acceptors (Lipinski definition) is 6. The van der Waals surface area contributed by atoms with Crippen LogP contribution in [0.15, 0.2) is 53.1 Å². The summed E-state index contributed by atoms with van der Waals surface area (Å²) >= 11 is 0. The molecule has 0 aliphatic rings. The van der Waals surface area contributed by atoms with Crippen molar-refractivity contribution in [2.45, 2.75) is 26.8 Å². The van der Waals surface area contributed by atoms with Gasteiger partial charge in [-0.15, -0.1) is 0 Å². The molecule has 0 spiro atoms. The van der Waals surface area contributed by atoms with Crippen LogP contribution in [0.4, 0.5) is 10.2 Å². The molecule has 2 aromatic carbocycles. The van der Waals surface area contributed by atoms with Gasteiger partial charge in [-0.3, -0.25) is 9.59 Å². The van der Waals surface area contributed by atoms with Gasteiger partial charge >= 0.3 is 5.97 Å². The molecule has 2 aromatic heterocycles. The SMILES string of the molecule is Cc1c(C#N)c(NC(=O)COC(=O)Cc2noc3ccccc23)n(Cc2ccc(F)cc2)c1C. The second-order valence-electron chi connectivity index (χ2n) is 7.77. The van der Waals surface area contributed by atoms with E-state index in [0.29, 0.717) is 34.6 Å². The van der Waals surface area contributed by atoms with Gasteiger partial charge in [-0.2, -0.15) is 5.26 Å². The summed E-state index contributed by atoms with van der Waals surface area (Å²) in [5, 5.41) is 16.9. The van der Waals surface area contributed by atoms with Crippen LogP contribution in [0.2, 0.25) is 0 Å². The zero-order chi connectivity index (χ0) is 24.2. The first-order valence-electron chi connectivity index (χ1n) is 10.5. The lowest BCUT2D eigenvalue weighted by atomic mass is 10.2. The molecule has 4 rings (SSSR count). The Morgan fingerprint density at radius 3 is 2.65 bits per heavy atom. The number of rotatable bonds is 7. The van der Waals surface area contributed by atoms with Gasteiger partial charge in [-0.1, -0.05) is 29.4 Å². The highest BCUT2D eigenvalue weighted by Crippen LogP contribution is 2.27. The van der Waals surface area contributed by atoms with E-state index in [0.717, 1.165) is 16.8 Å². The minimum Gasteiger partial charge on any atom is -0.455 e. The van der Waals surface area contributed by atoms with Gasteiger partial charge in [-0.25, -0.2) is 4.39 Å². The lowest BCUT2D eigenvalue weighted by Crippen LogP contribution is -2.23. The number of carbonyl (C=O) groups is 2. The van der Waals surface area contributed by atoms with E-state index in [1.165, 1.54) is 12.1 Å². The number of para-hydroxylation sites is 1. The first-order chi connectivity index (χ1) is 16.4. The number of nitrogens with zero attached hydrogens (tertiary/aromatic N) is 3. The average Bonchev–Trinajstić information content (AvgIpc) is 3.33. The smallest absolute Gasteiger partial charge is 0.312 e. The normalized spacial score (nSPS) is 10.8. The van der Waals surface area contributed by atoms with Crippen molar-refractivity contribution in [3.8, 4) is 6.07 Å². The number of benzene rings is 2. The Kier molecular flexibility index (Phi) is 6.41. The standard InChI is InChI=1S/C25H21FN4O4/c1-15-16(2)30(13-17-7-9-18(26)10-8-17)25(20(15)12-27)28-23(31)14-33-24(32)11-21-19-5-3-4-6-22(19)34-29-21/h3-10H,11,13-14H2,1-2H3,(H,28,31). The van der Waals surface area contributed by atoms with E-state index in [4.69, 9.17) is 9.26 Å². The van der Waals surface area contributed by atoms with Gasteiger partial charge in [0.1, 0.15) is 23.4 Å². The van der Waals surface area contributed by atoms with Crippen LogP contribution in [0.1, 0.15) is 28.1 Å². The van der Waals surface area contributed by atoms with Gasteiger partial charge in [0.15, 0.2) is 12.2 Å². The number of fused-ring (bicyclic) bond motifs is 1. The molecule has 8 nitrogen and oxygen atoms in total. The van der Waals surface area contributed by atoms with Crippen molar-refractivity contribution in [1.29, 1.82) is 5.26 Å². The van der Waals surface area contributed by atoms with Crippen molar-refractivity contribution >= 4 is 28.7 Å². The van der Waals surface area contributed by atoms with E-state index in [9.17, 15) is 19.2 Å². The fourth-order valence-corrected chi connectivity index (χ4v) is 3.67. The molecule has 0 atom stereocenters. The van der Waals surface area contributed by atoms with Crippen LogP contribution < -0.4 is 5.32 Å². The maximum absolute atomic E-state index is 13.3. The summed E-state index contributed by atoms with van der Waals surface area (Å²) in [5.74, 6) is -1.28. The first-order valence-corrected chi connectivity index (χ1v) is 10.5. The molecule has 9 heteroatoms. The maximum Gasteiger partial charge on any atom is 0.312 e. The quantitative estimate of drug-likeness (QED) is 0.417. The van der Waals surface area contributed by atoms with Crippen molar-refractivity contribution in [2.75, 3.05) is 11.9 Å². The Labute approximate surface area is 194 Å². The first kappa shape index (κ1) is 22.7. The van der Waals surface area contributed by atoms with E-state index < -0.39 is 18.5 Å². The predicted octanol–water partition coefficient (Wildman–Crippen LogP) is 4.03. The van der Waals surface area contributed by atoms with Crippen LogP contribution in [0.3, 0.4) is 0 Å². The van der Waals surface area contributed by atoms with E-state index >= 15 is 0 Å². The fraction of sp³-hybridized carbons (Fsp3) is 0.200. The summed E-state index contributed by atoms with van der Waals surface area (Å²) in [6.07, 6.45) is -0.146. The Bertz CT molecular complexity index is 1410. The molecule has 0 saturated carbocycles. The summed E-state index contributed by atoms with van der Waals surface area (Å²) < 4.78 is 25.3. The van der Waals surface area contributed by atoms with Crippen molar-refractivity contribution in [3.63, 3.8) is 0 Å². The average molecular weight is 460 g/mol. The number of halogens is 1. The lowest BCUT2D eigenvalue weighted by Gasteiger charge is -2.13. The lowest BCUT2D eigenvalue weighted by molar-refractivity contribution is -0.146. The highest BCUT2D eigenvalue weighted by atomic mass is 19.1. The van der Waals surface area contributed by atoms with Crippen LogP contribution in [-0.2, 0) is 27.3 Å². The third kappa shape index (κ3) is 4.66. The maximum atomic E-state index is 13.3. The molecule has 0 unspecified atom stereocenters. The van der Waals surface area contributed by atoms with Crippen LogP contribution in [0, 0.1) is 31.0 Å². The molecule has 0 fully saturated rings. The molecule has 0 bridgehead atoms. The van der Waals surface area contributed by atoms with Crippen LogP contribution >= 0.6 is 0 Å². The van der Waals surface area contributed by atoms with Gasteiger partial charge in [0.05, 0.1) is 12.0 Å². The number of aromatic nitrogens is 2. The topological polar surface area (TPSA) is 110 Å². The second kappa shape index (κ2) is 9.58. The Balaban J connectivity index is 1.44. The Hall–Kier alpha value is -4.45. The Morgan fingerprint density at radius 2 is 1.91 bits per heavy atom. The summed E-state index contributed by atoms with van der Waals surface area (Å²) in [4.78, 5) is 24.8. The monoisotopic (exact) mass is 460 g/mol. The molecular formula is C25H21FN4O4. The molecule has 1 amide bonds. The van der Waals surface area contributed by atoms with Gasteiger partial charge in [-0.05, 0) is 49.2 Å². The number of anilines is 1. The summed E-state index contributed by atoms with van der Waals surface area (Å²) in [6.45, 7) is 3.41. The highest BCUT2D eigenvalue weighted by molar-refractivity contribution is 5.94. The molecule has 4 aromatic rings. The zero-order valence-corrected chi connectivity index (χ0v) is 18.6. The van der Waals surface area contributed by atoms with E-state index in [-0.39, 0.29) is 12.2 Å². The number of nitrogens with one attached hydrogen (secondary N) is 1. The second-order valence-corrected chi connectivity index (χ2v) is 7.77. The molecule has 0 aliphatic carbocycles. The van der Waals surface area contributed by atoms with Crippen molar-refractivity contribution in [3.05, 3.63) is 82.4 Å². The summed E-state index contributed by atoms with van der Waals surface area (Å²) in [7, 11) is 0. The highest BCUT2D eigenvalue weighted by Gasteiger charge is 2.21. The largest absolute Gasteiger partial charge is 0.455 e. The third-order valence-corrected chi connectivity index (χ3v) is 5.58. The number of esters is 1. The van der Waals surface area contributed by atoms with Gasteiger partial charge in [0.2, 0.25) is 0 Å². The molecule has 1 N–H and O–H groups in total. The van der Waals surface area contributed by atoms with E-state index in [1.54, 1.807) is 47.9 Å². The molecule has 34 heavy (non-hydrogen) atoms. The zero-order valence-electron chi connectivity index (χ0n) is 18.6. The van der Waals surface area contributed by atoms with E-state index in [2.05, 4.69) is 16.5 Å². The number of nitriles is 1. The van der Waals surface area contributed by atoms with Crippen LogP contribution in [-0.4, -0.2) is 28.2 Å². The fourth-order valence-electron chi connectivity index (χ4n) is 3.67. The van der Waals surface area contributed by atoms with Gasteiger partial charge in [0, 0.05) is 17.6 Å². The summed E-state index contributed by atoms with van der Waals surface area (Å²) in [5.41, 5.74) is 3.59. The van der Waals surface area contributed by atoms with Crippen molar-refractivity contribution in [1.82, 2.24) is 9.72 Å². The van der Waals surface area contributed by atoms with Gasteiger partial charge < -0.3 is 19.1 Å². The molecule has 172 valence electrons. The molecule has 0 radical (unpaired) electrons. The number of ether oxygens (including phenoxy) is 1. The minimum absolute atomic E-state index is 0.146. The number of hydrogen-bond donors (Lipinski definition) is 1. The van der Waals surface area contributed by atoms with Gasteiger partial charge in [0.25, 0.3) is 5.91 Å². The summed E-state index contributed by atoms with van der Waals surface area (Å²) in [6, 6.07) is 15.2. The molecule has 0 saturated heterocycles. The van der Waals surface area contributed by atoms with Crippen molar-refractivity contribution in [2.24, 2.45) is 0 Å². The molecular weight excluding hydrogens is 439 g/mol. The van der Waals surface area contributed by atoms with Crippen LogP contribution in [0.25, 0.3) is 11.0 Å².